The zero-order chi connectivity index (χ0) is 25.2. The fraction of sp³-hybridized carbons (Fsp3) is 0.0952. The van der Waals surface area contributed by atoms with Crippen LogP contribution in [0.5, 0.6) is 5.75 Å². The van der Waals surface area contributed by atoms with Gasteiger partial charge in [-0.3, -0.25) is 14.9 Å². The fourth-order valence-corrected chi connectivity index (χ4v) is 3.90. The number of halogens is 3. The summed E-state index contributed by atoms with van der Waals surface area (Å²) in [5.74, 6) is -2.64. The van der Waals surface area contributed by atoms with Gasteiger partial charge in [0.2, 0.25) is 0 Å². The van der Waals surface area contributed by atoms with Crippen LogP contribution in [0.2, 0.25) is 0 Å². The number of rotatable bonds is 6. The summed E-state index contributed by atoms with van der Waals surface area (Å²) in [6, 6.07) is 7.04. The third-order valence-corrected chi connectivity index (χ3v) is 5.66. The molecule has 3 aromatic rings. The molecule has 3 N–H and O–H groups in total. The minimum absolute atomic E-state index is 0.150. The van der Waals surface area contributed by atoms with Crippen LogP contribution in [0.15, 0.2) is 52.9 Å². The Balaban J connectivity index is 1.81. The molecule has 0 aliphatic heterocycles. The molecule has 1 aromatic heterocycles. The van der Waals surface area contributed by atoms with Gasteiger partial charge in [-0.05, 0) is 36.8 Å². The Hall–Kier alpha value is -4.26. The Morgan fingerprint density at radius 1 is 1.12 bits per heavy atom. The normalized spacial score (nSPS) is 11.8. The number of carbonyl (C=O) groups is 2. The van der Waals surface area contributed by atoms with Crippen LogP contribution >= 0.6 is 11.3 Å². The van der Waals surface area contributed by atoms with E-state index >= 15 is 0 Å². The molecule has 0 fully saturated rings. The summed E-state index contributed by atoms with van der Waals surface area (Å²) in [6.45, 7) is 1.45. The van der Waals surface area contributed by atoms with E-state index in [0.717, 1.165) is 41.7 Å². The molecule has 13 heteroatoms. The number of carboxylic acids is 1. The van der Waals surface area contributed by atoms with Crippen molar-refractivity contribution < 1.29 is 37.9 Å². The van der Waals surface area contributed by atoms with E-state index < -0.39 is 39.8 Å². The third kappa shape index (κ3) is 5.04. The fourth-order valence-electron chi connectivity index (χ4n) is 2.89. The maximum absolute atomic E-state index is 12.7. The van der Waals surface area contributed by atoms with E-state index in [1.807, 2.05) is 0 Å². The van der Waals surface area contributed by atoms with Gasteiger partial charge in [0.05, 0.1) is 26.6 Å². The first-order valence-corrected chi connectivity index (χ1v) is 10.1. The molecule has 1 amide bonds. The molecule has 0 saturated heterocycles. The highest BCUT2D eigenvalue weighted by atomic mass is 32.1. The van der Waals surface area contributed by atoms with Crippen molar-refractivity contribution in [2.75, 3.05) is 0 Å². The molecule has 2 aromatic carbocycles. The Morgan fingerprint density at radius 3 is 2.32 bits per heavy atom. The number of nitrogens with zero attached hydrogens (tertiary/aromatic N) is 2. The molecule has 0 atom stereocenters. The van der Waals surface area contributed by atoms with Gasteiger partial charge in [-0.2, -0.15) is 18.3 Å². The van der Waals surface area contributed by atoms with Gasteiger partial charge in [-0.25, -0.2) is 10.2 Å². The number of hydrogen-bond acceptors (Lipinski definition) is 7. The molecule has 9 nitrogen and oxygen atoms in total. The predicted octanol–water partition coefficient (Wildman–Crippen LogP) is 4.90. The molecule has 0 radical (unpaired) electrons. The molecular formula is C21H14F3N3O6S. The lowest BCUT2D eigenvalue weighted by molar-refractivity contribution is -0.385. The molecule has 1 heterocycles. The number of hydrazone groups is 1. The van der Waals surface area contributed by atoms with Crippen LogP contribution in [0.1, 0.15) is 38.8 Å². The Kier molecular flexibility index (Phi) is 6.68. The highest BCUT2D eigenvalue weighted by Gasteiger charge is 2.30. The van der Waals surface area contributed by atoms with Crippen LogP contribution in [-0.4, -0.2) is 32.7 Å². The molecule has 34 heavy (non-hydrogen) atoms. The molecule has 0 unspecified atom stereocenters. The Morgan fingerprint density at radius 2 is 1.76 bits per heavy atom. The summed E-state index contributed by atoms with van der Waals surface area (Å²) >= 11 is 1.06. The average molecular weight is 493 g/mol. The second-order valence-electron chi connectivity index (χ2n) is 6.83. The van der Waals surface area contributed by atoms with Crippen LogP contribution in [-0.2, 0) is 6.18 Å². The van der Waals surface area contributed by atoms with Crippen LogP contribution in [0.25, 0.3) is 10.4 Å². The highest BCUT2D eigenvalue weighted by Crippen LogP contribution is 2.40. The molecule has 0 aliphatic rings. The number of carbonyl (C=O) groups excluding carboxylic acids is 1. The standard InChI is InChI=1S/C21H14F3N3O6S/c1-10(25-26-19(29)12-4-7-14(20(30)31)16(8-12)27(32)33)15-9-34-18(17(15)28)11-2-5-13(6-3-11)21(22,23)24/h2-9,28H,1H3,(H,26,29)(H,30,31)/b25-10-. The number of amides is 1. The number of alkyl halides is 3. The van der Waals surface area contributed by atoms with E-state index in [9.17, 15) is 38.0 Å². The zero-order valence-electron chi connectivity index (χ0n) is 17.1. The molecule has 0 saturated carbocycles. The van der Waals surface area contributed by atoms with Crippen molar-refractivity contribution in [3.63, 3.8) is 0 Å². The lowest BCUT2D eigenvalue weighted by atomic mass is 10.1. The lowest BCUT2D eigenvalue weighted by Gasteiger charge is -2.07. The highest BCUT2D eigenvalue weighted by molar-refractivity contribution is 7.14. The molecular weight excluding hydrogens is 479 g/mol. The number of nitro benzene ring substituents is 1. The van der Waals surface area contributed by atoms with E-state index in [1.165, 1.54) is 24.4 Å². The maximum atomic E-state index is 12.7. The second-order valence-corrected chi connectivity index (χ2v) is 7.71. The van der Waals surface area contributed by atoms with Crippen LogP contribution in [0.3, 0.4) is 0 Å². The van der Waals surface area contributed by atoms with Gasteiger partial charge in [-0.15, -0.1) is 11.3 Å². The predicted molar refractivity (Wildman–Crippen MR) is 116 cm³/mol. The third-order valence-electron chi connectivity index (χ3n) is 4.64. The summed E-state index contributed by atoms with van der Waals surface area (Å²) in [5, 5.41) is 35.9. The number of aromatic carboxylic acids is 1. The van der Waals surface area contributed by atoms with E-state index in [4.69, 9.17) is 5.11 Å². The van der Waals surface area contributed by atoms with Gasteiger partial charge in [0.1, 0.15) is 11.3 Å². The van der Waals surface area contributed by atoms with Crippen molar-refractivity contribution in [1.29, 1.82) is 0 Å². The van der Waals surface area contributed by atoms with E-state index in [-0.39, 0.29) is 22.6 Å². The number of nitrogens with one attached hydrogen (secondary N) is 1. The van der Waals surface area contributed by atoms with E-state index in [2.05, 4.69) is 10.5 Å². The van der Waals surface area contributed by atoms with Gasteiger partial charge in [-0.1, -0.05) is 12.1 Å². The van der Waals surface area contributed by atoms with Crippen molar-refractivity contribution in [3.8, 4) is 16.2 Å². The largest absolute Gasteiger partial charge is 0.506 e. The van der Waals surface area contributed by atoms with Gasteiger partial charge < -0.3 is 10.2 Å². The van der Waals surface area contributed by atoms with Crippen LogP contribution < -0.4 is 5.43 Å². The maximum Gasteiger partial charge on any atom is 0.416 e. The van der Waals surface area contributed by atoms with Crippen molar-refractivity contribution >= 4 is 34.6 Å². The van der Waals surface area contributed by atoms with E-state index in [1.54, 1.807) is 0 Å². The first-order chi connectivity index (χ1) is 15.9. The molecule has 0 spiro atoms. The summed E-state index contributed by atoms with van der Waals surface area (Å²) in [7, 11) is 0. The minimum atomic E-state index is -4.49. The van der Waals surface area contributed by atoms with Gasteiger partial charge in [0, 0.05) is 17.0 Å². The van der Waals surface area contributed by atoms with Gasteiger partial charge >= 0.3 is 12.1 Å². The van der Waals surface area contributed by atoms with Gasteiger partial charge in [0.15, 0.2) is 0 Å². The van der Waals surface area contributed by atoms with Crippen LogP contribution in [0, 0.1) is 10.1 Å². The molecule has 3 rings (SSSR count). The number of nitro groups is 1. The van der Waals surface area contributed by atoms with Crippen molar-refractivity contribution in [3.05, 3.63) is 80.2 Å². The number of carboxylic acid groups (broad SMARTS) is 1. The quantitative estimate of drug-likeness (QED) is 0.253. The Labute approximate surface area is 192 Å². The van der Waals surface area contributed by atoms with Crippen molar-refractivity contribution in [1.82, 2.24) is 5.43 Å². The monoisotopic (exact) mass is 493 g/mol. The zero-order valence-corrected chi connectivity index (χ0v) is 17.9. The molecule has 0 bridgehead atoms. The number of hydrogen-bond donors (Lipinski definition) is 3. The topological polar surface area (TPSA) is 142 Å². The van der Waals surface area contributed by atoms with Gasteiger partial charge in [0.25, 0.3) is 11.6 Å². The number of thiophene rings is 1. The average Bonchev–Trinajstić information content (AvgIpc) is 3.17. The summed E-state index contributed by atoms with van der Waals surface area (Å²) in [4.78, 5) is 33.8. The molecule has 176 valence electrons. The van der Waals surface area contributed by atoms with Crippen molar-refractivity contribution in [2.24, 2.45) is 5.10 Å². The minimum Gasteiger partial charge on any atom is -0.506 e. The van der Waals surface area contributed by atoms with Crippen LogP contribution in [0.4, 0.5) is 18.9 Å². The lowest BCUT2D eigenvalue weighted by Crippen LogP contribution is -2.19. The second kappa shape index (κ2) is 9.31. The summed E-state index contributed by atoms with van der Waals surface area (Å²) in [6.07, 6.45) is -4.49. The summed E-state index contributed by atoms with van der Waals surface area (Å²) < 4.78 is 38.2. The van der Waals surface area contributed by atoms with Crippen molar-refractivity contribution in [2.45, 2.75) is 13.1 Å². The number of benzene rings is 2. The first kappa shape index (κ1) is 24.4. The first-order valence-electron chi connectivity index (χ1n) is 9.25. The molecule has 0 aliphatic carbocycles. The Bertz CT molecular complexity index is 1320. The van der Waals surface area contributed by atoms with E-state index in [0.29, 0.717) is 10.4 Å². The SMILES string of the molecule is C/C(=N/NC(=O)c1ccc(C(=O)O)c([N+](=O)[O-])c1)c1csc(-c2ccc(C(F)(F)F)cc2)c1O. The number of aromatic hydroxyl groups is 1. The smallest absolute Gasteiger partial charge is 0.416 e. The summed E-state index contributed by atoms with van der Waals surface area (Å²) in [5.41, 5.74) is 0.483.